The second kappa shape index (κ2) is 7.20. The first kappa shape index (κ1) is 15.4. The monoisotopic (exact) mass is 306 g/mol. The smallest absolute Gasteiger partial charge is 0.239 e. The summed E-state index contributed by atoms with van der Waals surface area (Å²) in [6, 6.07) is 6.71. The number of carbonyl (C=O) groups excluding carboxylic acids is 1. The van der Waals surface area contributed by atoms with Crippen molar-refractivity contribution in [3.8, 4) is 0 Å². The number of piperidine rings is 1. The maximum Gasteiger partial charge on any atom is 0.239 e. The van der Waals surface area contributed by atoms with Gasteiger partial charge in [0.1, 0.15) is 5.82 Å². The molecule has 2 aliphatic rings. The molecule has 0 bridgehead atoms. The summed E-state index contributed by atoms with van der Waals surface area (Å²) in [5.74, 6) is 0.00692. The van der Waals surface area contributed by atoms with E-state index in [2.05, 4.69) is 5.32 Å². The van der Waals surface area contributed by atoms with Crippen LogP contribution in [0.1, 0.15) is 31.2 Å². The highest BCUT2D eigenvalue weighted by molar-refractivity contribution is 5.82. The summed E-state index contributed by atoms with van der Waals surface area (Å²) >= 11 is 0. The molecule has 0 spiro atoms. The third-order valence-corrected chi connectivity index (χ3v) is 4.54. The number of hydrogen-bond donors (Lipinski definition) is 1. The van der Waals surface area contributed by atoms with Crippen molar-refractivity contribution in [2.24, 2.45) is 0 Å². The Kier molecular flexibility index (Phi) is 5.05. The molecule has 0 aromatic heterocycles. The Hall–Kier alpha value is -1.46. The number of ether oxygens (including phenoxy) is 1. The predicted molar refractivity (Wildman–Crippen MR) is 81.8 cm³/mol. The zero-order chi connectivity index (χ0) is 15.4. The Morgan fingerprint density at radius 3 is 2.73 bits per heavy atom. The van der Waals surface area contributed by atoms with E-state index in [0.29, 0.717) is 12.2 Å². The average Bonchev–Trinajstić information content (AvgIpc) is 3.08. The van der Waals surface area contributed by atoms with Crippen LogP contribution in [0.3, 0.4) is 0 Å². The number of halogens is 1. The van der Waals surface area contributed by atoms with Crippen LogP contribution in [-0.2, 0) is 16.1 Å². The highest BCUT2D eigenvalue weighted by Gasteiger charge is 2.30. The lowest BCUT2D eigenvalue weighted by Crippen LogP contribution is -2.48. The molecular formula is C17H23FN2O2. The lowest BCUT2D eigenvalue weighted by molar-refractivity contribution is -0.135. The van der Waals surface area contributed by atoms with E-state index in [-0.39, 0.29) is 23.9 Å². The lowest BCUT2D eigenvalue weighted by atomic mass is 10.1. The molecule has 3 rings (SSSR count). The topological polar surface area (TPSA) is 41.6 Å². The van der Waals surface area contributed by atoms with E-state index in [1.807, 2.05) is 11.0 Å². The van der Waals surface area contributed by atoms with Crippen molar-refractivity contribution in [3.63, 3.8) is 0 Å². The van der Waals surface area contributed by atoms with Gasteiger partial charge in [-0.05, 0) is 38.3 Å². The van der Waals surface area contributed by atoms with Crippen molar-refractivity contribution >= 4 is 5.91 Å². The van der Waals surface area contributed by atoms with E-state index in [1.165, 1.54) is 6.07 Å². The molecule has 2 fully saturated rings. The molecule has 120 valence electrons. The molecule has 1 N–H and O–H groups in total. The molecule has 2 saturated heterocycles. The van der Waals surface area contributed by atoms with Crippen LogP contribution in [0.4, 0.5) is 4.39 Å². The van der Waals surface area contributed by atoms with Gasteiger partial charge in [-0.1, -0.05) is 18.2 Å². The molecule has 1 atom stereocenters. The first-order valence-corrected chi connectivity index (χ1v) is 8.11. The molecule has 2 aliphatic heterocycles. The van der Waals surface area contributed by atoms with Crippen LogP contribution in [0, 0.1) is 5.82 Å². The van der Waals surface area contributed by atoms with Gasteiger partial charge >= 0.3 is 0 Å². The molecule has 0 aliphatic carbocycles. The lowest BCUT2D eigenvalue weighted by Gasteiger charge is -2.33. The molecule has 0 radical (unpaired) electrons. The minimum Gasteiger partial charge on any atom is -0.373 e. The second-order valence-corrected chi connectivity index (χ2v) is 6.08. The van der Waals surface area contributed by atoms with E-state index < -0.39 is 0 Å². The number of nitrogens with zero attached hydrogens (tertiary/aromatic N) is 1. The Morgan fingerprint density at radius 2 is 2.05 bits per heavy atom. The summed E-state index contributed by atoms with van der Waals surface area (Å²) in [5, 5.41) is 3.25. The number of rotatable bonds is 4. The Labute approximate surface area is 130 Å². The van der Waals surface area contributed by atoms with Crippen molar-refractivity contribution in [1.29, 1.82) is 0 Å². The van der Waals surface area contributed by atoms with Crippen molar-refractivity contribution in [2.45, 2.75) is 44.4 Å². The zero-order valence-corrected chi connectivity index (χ0v) is 12.8. The van der Waals surface area contributed by atoms with E-state index in [4.69, 9.17) is 4.74 Å². The fourth-order valence-corrected chi connectivity index (χ4v) is 3.18. The van der Waals surface area contributed by atoms with Crippen LogP contribution in [-0.4, -0.2) is 42.6 Å². The molecule has 0 unspecified atom stereocenters. The number of benzene rings is 1. The highest BCUT2D eigenvalue weighted by atomic mass is 19.1. The first-order valence-electron chi connectivity index (χ1n) is 8.11. The van der Waals surface area contributed by atoms with Gasteiger partial charge in [0.15, 0.2) is 0 Å². The van der Waals surface area contributed by atoms with E-state index in [1.54, 1.807) is 12.1 Å². The summed E-state index contributed by atoms with van der Waals surface area (Å²) in [5.41, 5.74) is 0.594. The normalized spacial score (nSPS) is 23.0. The van der Waals surface area contributed by atoms with E-state index >= 15 is 0 Å². The van der Waals surface area contributed by atoms with Crippen molar-refractivity contribution < 1.29 is 13.9 Å². The number of hydrogen-bond acceptors (Lipinski definition) is 3. The van der Waals surface area contributed by atoms with Crippen molar-refractivity contribution in [1.82, 2.24) is 10.2 Å². The predicted octanol–water partition coefficient (Wildman–Crippen LogP) is 2.09. The van der Waals surface area contributed by atoms with Gasteiger partial charge < -0.3 is 15.0 Å². The summed E-state index contributed by atoms with van der Waals surface area (Å²) in [6.45, 7) is 2.71. The van der Waals surface area contributed by atoms with Gasteiger partial charge in [-0.3, -0.25) is 4.79 Å². The number of carbonyl (C=O) groups is 1. The summed E-state index contributed by atoms with van der Waals surface area (Å²) < 4.78 is 19.4. The molecule has 1 aromatic rings. The fraction of sp³-hybridized carbons (Fsp3) is 0.588. The van der Waals surface area contributed by atoms with Crippen molar-refractivity contribution in [2.75, 3.05) is 19.6 Å². The molecule has 0 saturated carbocycles. The molecule has 4 nitrogen and oxygen atoms in total. The van der Waals surface area contributed by atoms with Crippen LogP contribution < -0.4 is 5.32 Å². The van der Waals surface area contributed by atoms with Gasteiger partial charge in [-0.15, -0.1) is 0 Å². The van der Waals surface area contributed by atoms with Crippen LogP contribution in [0.5, 0.6) is 0 Å². The van der Waals surface area contributed by atoms with Crippen LogP contribution in [0.25, 0.3) is 0 Å². The van der Waals surface area contributed by atoms with Gasteiger partial charge in [-0.2, -0.15) is 0 Å². The van der Waals surface area contributed by atoms with Crippen LogP contribution in [0.15, 0.2) is 24.3 Å². The highest BCUT2D eigenvalue weighted by Crippen LogP contribution is 2.19. The van der Waals surface area contributed by atoms with Gasteiger partial charge in [0.05, 0.1) is 18.8 Å². The molecule has 1 amide bonds. The largest absolute Gasteiger partial charge is 0.373 e. The number of likely N-dealkylation sites (tertiary alicyclic amines) is 1. The average molecular weight is 306 g/mol. The van der Waals surface area contributed by atoms with E-state index in [0.717, 1.165) is 45.3 Å². The fourth-order valence-electron chi connectivity index (χ4n) is 3.18. The van der Waals surface area contributed by atoms with E-state index in [9.17, 15) is 9.18 Å². The Balaban J connectivity index is 1.44. The van der Waals surface area contributed by atoms with Gasteiger partial charge in [0.25, 0.3) is 0 Å². The second-order valence-electron chi connectivity index (χ2n) is 6.08. The number of nitrogens with one attached hydrogen (secondary N) is 1. The Bertz CT molecular complexity index is 509. The van der Waals surface area contributed by atoms with Crippen LogP contribution >= 0.6 is 0 Å². The summed E-state index contributed by atoms with van der Waals surface area (Å²) in [4.78, 5) is 14.2. The molecule has 5 heteroatoms. The van der Waals surface area contributed by atoms with Gasteiger partial charge in [-0.25, -0.2) is 4.39 Å². The van der Waals surface area contributed by atoms with Gasteiger partial charge in [0, 0.05) is 18.7 Å². The minimum absolute atomic E-state index is 0.0101. The third-order valence-electron chi connectivity index (χ3n) is 4.54. The SMILES string of the molecule is O=C([C@@H]1CCCN1)N1CCC(OCc2ccccc2F)CC1. The minimum atomic E-state index is -0.220. The molecule has 2 heterocycles. The third kappa shape index (κ3) is 3.65. The van der Waals surface area contributed by atoms with Crippen molar-refractivity contribution in [3.05, 3.63) is 35.6 Å². The quantitative estimate of drug-likeness (QED) is 0.926. The van der Waals surface area contributed by atoms with Crippen LogP contribution in [0.2, 0.25) is 0 Å². The number of amides is 1. The summed E-state index contributed by atoms with van der Waals surface area (Å²) in [7, 11) is 0. The standard InChI is InChI=1S/C17H23FN2O2/c18-15-5-2-1-4-13(15)12-22-14-7-10-20(11-8-14)17(21)16-6-3-9-19-16/h1-2,4-5,14,16,19H,3,6-12H2/t16-/m0/s1. The molecule has 1 aromatic carbocycles. The maximum absolute atomic E-state index is 13.5. The Morgan fingerprint density at radius 1 is 1.27 bits per heavy atom. The molecular weight excluding hydrogens is 283 g/mol. The first-order chi connectivity index (χ1) is 10.7. The summed E-state index contributed by atoms with van der Waals surface area (Å²) in [6.07, 6.45) is 3.79. The maximum atomic E-state index is 13.5. The zero-order valence-electron chi connectivity index (χ0n) is 12.8. The molecule has 22 heavy (non-hydrogen) atoms. The van der Waals surface area contributed by atoms with Gasteiger partial charge in [0.2, 0.25) is 5.91 Å².